The fraction of sp³-hybridized carbons (Fsp3) is 0.261. The fourth-order valence-electron chi connectivity index (χ4n) is 4.10. The lowest BCUT2D eigenvalue weighted by atomic mass is 9.83. The number of benzene rings is 2. The molecule has 4 rings (SSSR count). The number of hydrogen-bond donors (Lipinski definition) is 1. The van der Waals surface area contributed by atoms with Crippen LogP contribution in [-0.4, -0.2) is 38.3 Å². The number of aromatic hydroxyl groups is 1. The maximum atomic E-state index is 13.1. The van der Waals surface area contributed by atoms with Gasteiger partial charge in [-0.3, -0.25) is 14.3 Å². The number of hydrogen-bond acceptors (Lipinski definition) is 4. The van der Waals surface area contributed by atoms with Crippen LogP contribution in [0.5, 0.6) is 5.75 Å². The molecule has 1 aliphatic rings. The largest absolute Gasteiger partial charge is 0.502 e. The Morgan fingerprint density at radius 2 is 1.77 bits per heavy atom. The highest BCUT2D eigenvalue weighted by atomic mass is 35.5. The zero-order valence-electron chi connectivity index (χ0n) is 16.7. The molecule has 1 aromatic heterocycles. The minimum absolute atomic E-state index is 0.0737. The standard InChI is InChI=1S/C23H22ClN3O3/c1-14(2)26-13-18(27-21(23(26)30)22(29)19(28)12-25-27)20(15-7-4-3-5-8-15)16-9-6-10-17(24)11-16/h3-12,14,18,20,29H,13H2,1-2H3/t18-,20?/m1/s1. The number of rotatable bonds is 4. The Morgan fingerprint density at radius 1 is 1.07 bits per heavy atom. The predicted molar refractivity (Wildman–Crippen MR) is 115 cm³/mol. The second kappa shape index (κ2) is 7.95. The van der Waals surface area contributed by atoms with E-state index in [9.17, 15) is 14.7 Å². The first-order valence-corrected chi connectivity index (χ1v) is 10.2. The number of aromatic nitrogens is 2. The number of halogens is 1. The quantitative estimate of drug-likeness (QED) is 0.691. The van der Waals surface area contributed by atoms with Gasteiger partial charge in [-0.05, 0) is 37.1 Å². The predicted octanol–water partition coefficient (Wildman–Crippen LogP) is 3.84. The molecule has 0 saturated heterocycles. The molecule has 30 heavy (non-hydrogen) atoms. The zero-order chi connectivity index (χ0) is 21.4. The molecule has 7 heteroatoms. The molecule has 0 aliphatic carbocycles. The average molecular weight is 424 g/mol. The van der Waals surface area contributed by atoms with Gasteiger partial charge in [0.2, 0.25) is 5.43 Å². The van der Waals surface area contributed by atoms with E-state index in [4.69, 9.17) is 11.6 Å². The Kier molecular flexibility index (Phi) is 5.35. The third-order valence-electron chi connectivity index (χ3n) is 5.52. The van der Waals surface area contributed by atoms with E-state index in [0.29, 0.717) is 11.6 Å². The van der Waals surface area contributed by atoms with Crippen LogP contribution in [0.4, 0.5) is 0 Å². The maximum absolute atomic E-state index is 13.1. The van der Waals surface area contributed by atoms with E-state index in [1.54, 1.807) is 4.90 Å². The van der Waals surface area contributed by atoms with Gasteiger partial charge in [0.1, 0.15) is 0 Å². The minimum Gasteiger partial charge on any atom is -0.502 e. The third-order valence-corrected chi connectivity index (χ3v) is 5.76. The SMILES string of the molecule is CC(C)N1C[C@H](C(c2ccccc2)c2cccc(Cl)c2)n2ncc(=O)c(O)c2C1=O. The molecule has 154 valence electrons. The van der Waals surface area contributed by atoms with Gasteiger partial charge in [0.15, 0.2) is 11.4 Å². The van der Waals surface area contributed by atoms with E-state index in [0.717, 1.165) is 17.3 Å². The van der Waals surface area contributed by atoms with Crippen molar-refractivity contribution in [1.82, 2.24) is 14.7 Å². The van der Waals surface area contributed by atoms with Crippen molar-refractivity contribution in [3.8, 4) is 5.75 Å². The number of carbonyl (C=O) groups is 1. The molecule has 1 N–H and O–H groups in total. The first-order valence-electron chi connectivity index (χ1n) is 9.80. The monoisotopic (exact) mass is 423 g/mol. The van der Waals surface area contributed by atoms with Crippen LogP contribution < -0.4 is 5.43 Å². The molecule has 1 unspecified atom stereocenters. The van der Waals surface area contributed by atoms with Crippen LogP contribution >= 0.6 is 11.6 Å². The molecule has 0 saturated carbocycles. The summed E-state index contributed by atoms with van der Waals surface area (Å²) in [4.78, 5) is 26.8. The first-order chi connectivity index (χ1) is 14.4. The van der Waals surface area contributed by atoms with Gasteiger partial charge in [-0.25, -0.2) is 0 Å². The first kappa shape index (κ1) is 20.2. The summed E-state index contributed by atoms with van der Waals surface area (Å²) in [6.45, 7) is 4.20. The van der Waals surface area contributed by atoms with Crippen molar-refractivity contribution in [3.63, 3.8) is 0 Å². The van der Waals surface area contributed by atoms with Crippen molar-refractivity contribution in [2.45, 2.75) is 31.8 Å². The number of fused-ring (bicyclic) bond motifs is 1. The molecule has 0 fully saturated rings. The van der Waals surface area contributed by atoms with Crippen molar-refractivity contribution < 1.29 is 9.90 Å². The Hall–Kier alpha value is -3.12. The highest BCUT2D eigenvalue weighted by molar-refractivity contribution is 6.30. The summed E-state index contributed by atoms with van der Waals surface area (Å²) in [6.07, 6.45) is 1.06. The second-order valence-electron chi connectivity index (χ2n) is 7.71. The summed E-state index contributed by atoms with van der Waals surface area (Å²) >= 11 is 6.30. The Bertz CT molecular complexity index is 1140. The van der Waals surface area contributed by atoms with E-state index >= 15 is 0 Å². The number of amides is 1. The van der Waals surface area contributed by atoms with Crippen molar-refractivity contribution in [1.29, 1.82) is 0 Å². The molecular formula is C23H22ClN3O3. The molecule has 0 radical (unpaired) electrons. The van der Waals surface area contributed by atoms with Crippen molar-refractivity contribution in [2.24, 2.45) is 0 Å². The lowest BCUT2D eigenvalue weighted by Crippen LogP contribution is -2.49. The van der Waals surface area contributed by atoms with Gasteiger partial charge >= 0.3 is 0 Å². The van der Waals surface area contributed by atoms with Gasteiger partial charge in [0.05, 0.1) is 12.2 Å². The average Bonchev–Trinajstić information content (AvgIpc) is 2.73. The molecule has 0 spiro atoms. The van der Waals surface area contributed by atoms with Crippen LogP contribution in [0.3, 0.4) is 0 Å². The molecule has 2 heterocycles. The van der Waals surface area contributed by atoms with Crippen LogP contribution in [0.1, 0.15) is 47.4 Å². The zero-order valence-corrected chi connectivity index (χ0v) is 17.5. The van der Waals surface area contributed by atoms with Crippen molar-refractivity contribution in [2.75, 3.05) is 6.54 Å². The highest BCUT2D eigenvalue weighted by Crippen LogP contribution is 2.40. The Balaban J connectivity index is 1.97. The van der Waals surface area contributed by atoms with E-state index in [1.807, 2.05) is 68.4 Å². The lowest BCUT2D eigenvalue weighted by Gasteiger charge is -2.41. The molecule has 1 amide bonds. The van der Waals surface area contributed by atoms with Gasteiger partial charge in [-0.2, -0.15) is 5.10 Å². The van der Waals surface area contributed by atoms with Gasteiger partial charge in [-0.15, -0.1) is 0 Å². The van der Waals surface area contributed by atoms with Crippen LogP contribution in [0.2, 0.25) is 5.02 Å². The highest BCUT2D eigenvalue weighted by Gasteiger charge is 2.40. The van der Waals surface area contributed by atoms with Crippen LogP contribution in [0, 0.1) is 0 Å². The van der Waals surface area contributed by atoms with Crippen LogP contribution in [0.25, 0.3) is 0 Å². The topological polar surface area (TPSA) is 75.4 Å². The van der Waals surface area contributed by atoms with Gasteiger partial charge in [0.25, 0.3) is 5.91 Å². The van der Waals surface area contributed by atoms with E-state index < -0.39 is 17.1 Å². The van der Waals surface area contributed by atoms with E-state index in [2.05, 4.69) is 5.10 Å². The minimum atomic E-state index is -0.669. The number of carbonyl (C=O) groups excluding carboxylic acids is 1. The van der Waals surface area contributed by atoms with Crippen molar-refractivity contribution in [3.05, 3.63) is 92.9 Å². The molecule has 2 aromatic carbocycles. The summed E-state index contributed by atoms with van der Waals surface area (Å²) in [5.74, 6) is -1.17. The van der Waals surface area contributed by atoms with Crippen LogP contribution in [-0.2, 0) is 0 Å². The van der Waals surface area contributed by atoms with E-state index in [-0.39, 0.29) is 23.7 Å². The van der Waals surface area contributed by atoms with E-state index in [1.165, 1.54) is 4.68 Å². The Morgan fingerprint density at radius 3 is 2.43 bits per heavy atom. The van der Waals surface area contributed by atoms with Gasteiger partial charge in [0, 0.05) is 23.5 Å². The number of nitrogens with zero attached hydrogens (tertiary/aromatic N) is 3. The van der Waals surface area contributed by atoms with Gasteiger partial charge < -0.3 is 10.0 Å². The summed E-state index contributed by atoms with van der Waals surface area (Å²) in [7, 11) is 0. The normalized spacial score (nSPS) is 17.1. The summed E-state index contributed by atoms with van der Waals surface area (Å²) in [6, 6.07) is 17.0. The lowest BCUT2D eigenvalue weighted by molar-refractivity contribution is 0.0570. The van der Waals surface area contributed by atoms with Crippen LogP contribution in [0.15, 0.2) is 65.6 Å². The molecule has 2 atom stereocenters. The van der Waals surface area contributed by atoms with Gasteiger partial charge in [-0.1, -0.05) is 54.1 Å². The summed E-state index contributed by atoms with van der Waals surface area (Å²) in [5, 5.41) is 15.3. The second-order valence-corrected chi connectivity index (χ2v) is 8.15. The molecule has 0 bridgehead atoms. The molecule has 3 aromatic rings. The third kappa shape index (κ3) is 3.48. The Labute approximate surface area is 179 Å². The smallest absolute Gasteiger partial charge is 0.276 e. The molecule has 1 aliphatic heterocycles. The maximum Gasteiger partial charge on any atom is 0.276 e. The summed E-state index contributed by atoms with van der Waals surface area (Å²) < 4.78 is 1.50. The molecular weight excluding hydrogens is 402 g/mol. The molecule has 6 nitrogen and oxygen atoms in total. The van der Waals surface area contributed by atoms with Crippen molar-refractivity contribution >= 4 is 17.5 Å². The fourth-order valence-corrected chi connectivity index (χ4v) is 4.30. The summed E-state index contributed by atoms with van der Waals surface area (Å²) in [5.41, 5.74) is 1.24.